The van der Waals surface area contributed by atoms with Crippen LogP contribution in [0.15, 0.2) is 12.2 Å². The van der Waals surface area contributed by atoms with Gasteiger partial charge in [0.1, 0.15) is 11.9 Å². The summed E-state index contributed by atoms with van der Waals surface area (Å²) in [6, 6.07) is 0. The summed E-state index contributed by atoms with van der Waals surface area (Å²) in [7, 11) is 0. The minimum atomic E-state index is -0.162. The molecule has 4 fully saturated rings. The van der Waals surface area contributed by atoms with Crippen LogP contribution in [0.5, 0.6) is 0 Å². The SMILES string of the molecule is CC(=O)O[C@H]1CC[C@@]2(C)[C@@H](CC[C@H]3[C@@H]4CC[C@H]([C@H](C)/C=C/[C@H](C)C(C)C)[C@@]4(C)CC(=O)[C@@H]32)C1. The summed E-state index contributed by atoms with van der Waals surface area (Å²) in [4.78, 5) is 25.4. The van der Waals surface area contributed by atoms with E-state index in [9.17, 15) is 9.59 Å². The summed E-state index contributed by atoms with van der Waals surface area (Å²) in [6.45, 7) is 15.7. The fraction of sp³-hybridized carbons (Fsp3) is 0.867. The van der Waals surface area contributed by atoms with E-state index in [-0.39, 0.29) is 28.8 Å². The number of hydrogen-bond donors (Lipinski definition) is 0. The third-order valence-electron chi connectivity index (χ3n) is 11.1. The van der Waals surface area contributed by atoms with Crippen LogP contribution in [0.25, 0.3) is 0 Å². The van der Waals surface area contributed by atoms with Crippen molar-refractivity contribution in [2.45, 2.75) is 106 Å². The summed E-state index contributed by atoms with van der Waals surface area (Å²) in [5.74, 6) is 4.80. The molecular weight excluding hydrogens is 408 g/mol. The molecule has 4 rings (SSSR count). The monoisotopic (exact) mass is 456 g/mol. The zero-order valence-corrected chi connectivity index (χ0v) is 22.2. The Labute approximate surface area is 202 Å². The lowest BCUT2D eigenvalue weighted by Gasteiger charge is -2.60. The van der Waals surface area contributed by atoms with Crippen molar-refractivity contribution >= 4 is 11.8 Å². The molecule has 186 valence electrons. The molecule has 3 heteroatoms. The second-order valence-electron chi connectivity index (χ2n) is 13.2. The van der Waals surface area contributed by atoms with Crippen molar-refractivity contribution in [1.82, 2.24) is 0 Å². The normalized spacial score (nSPS) is 44.8. The minimum absolute atomic E-state index is 0.0535. The number of hydrogen-bond acceptors (Lipinski definition) is 3. The molecule has 4 saturated carbocycles. The first-order chi connectivity index (χ1) is 15.5. The maximum atomic E-state index is 13.9. The average Bonchev–Trinajstić information content (AvgIpc) is 3.07. The predicted molar refractivity (Wildman–Crippen MR) is 133 cm³/mol. The first-order valence-electron chi connectivity index (χ1n) is 13.9. The summed E-state index contributed by atoms with van der Waals surface area (Å²) in [5.41, 5.74) is 0.246. The van der Waals surface area contributed by atoms with Crippen LogP contribution in [0.1, 0.15) is 99.8 Å². The number of fused-ring (bicyclic) bond motifs is 5. The Hall–Kier alpha value is -1.12. The number of ether oxygens (including phenoxy) is 1. The van der Waals surface area contributed by atoms with E-state index in [1.54, 1.807) is 0 Å². The van der Waals surface area contributed by atoms with Crippen LogP contribution in [0.2, 0.25) is 0 Å². The standard InChI is InChI=1S/C30H48O3/c1-18(2)19(3)8-9-20(4)25-12-13-26-24-11-10-22-16-23(33-21(5)31)14-15-29(22,6)28(24)27(32)17-30(25,26)7/h8-9,18-20,22-26,28H,10-17H2,1-7H3/b9-8+/t19-,20+,22-,23-,24-,25+,26-,28+,29-,30+/m0/s1. The second-order valence-corrected chi connectivity index (χ2v) is 13.2. The van der Waals surface area contributed by atoms with Gasteiger partial charge in [-0.3, -0.25) is 9.59 Å². The second kappa shape index (κ2) is 9.15. The lowest BCUT2D eigenvalue weighted by atomic mass is 9.44. The van der Waals surface area contributed by atoms with Crippen LogP contribution in [-0.2, 0) is 14.3 Å². The number of ketones is 1. The molecule has 10 atom stereocenters. The maximum absolute atomic E-state index is 13.9. The third kappa shape index (κ3) is 4.36. The molecule has 0 unspecified atom stereocenters. The highest BCUT2D eigenvalue weighted by atomic mass is 16.5. The van der Waals surface area contributed by atoms with Gasteiger partial charge in [0.15, 0.2) is 0 Å². The number of carbonyl (C=O) groups excluding carboxylic acids is 2. The topological polar surface area (TPSA) is 43.4 Å². The van der Waals surface area contributed by atoms with E-state index >= 15 is 0 Å². The number of esters is 1. The Bertz CT molecular complexity index is 783. The summed E-state index contributed by atoms with van der Waals surface area (Å²) in [6.07, 6.45) is 13.6. The molecule has 0 aliphatic heterocycles. The minimum Gasteiger partial charge on any atom is -0.463 e. The Balaban J connectivity index is 1.52. The number of allylic oxidation sites excluding steroid dienone is 2. The predicted octanol–water partition coefficient (Wildman–Crippen LogP) is 7.24. The maximum Gasteiger partial charge on any atom is 0.302 e. The van der Waals surface area contributed by atoms with Gasteiger partial charge >= 0.3 is 5.97 Å². The van der Waals surface area contributed by atoms with E-state index in [2.05, 4.69) is 53.7 Å². The van der Waals surface area contributed by atoms with Gasteiger partial charge in [0.05, 0.1) is 0 Å². The Morgan fingerprint density at radius 1 is 1.00 bits per heavy atom. The molecule has 0 aromatic rings. The van der Waals surface area contributed by atoms with E-state index in [0.29, 0.717) is 47.2 Å². The van der Waals surface area contributed by atoms with Crippen molar-refractivity contribution < 1.29 is 14.3 Å². The molecule has 3 nitrogen and oxygen atoms in total. The van der Waals surface area contributed by atoms with Crippen LogP contribution in [0, 0.1) is 58.2 Å². The van der Waals surface area contributed by atoms with Crippen molar-refractivity contribution in [3.63, 3.8) is 0 Å². The van der Waals surface area contributed by atoms with E-state index in [1.165, 1.54) is 32.6 Å². The Morgan fingerprint density at radius 2 is 1.73 bits per heavy atom. The zero-order chi connectivity index (χ0) is 24.1. The zero-order valence-electron chi connectivity index (χ0n) is 22.2. The van der Waals surface area contributed by atoms with Crippen molar-refractivity contribution in [3.05, 3.63) is 12.2 Å². The first kappa shape index (κ1) is 25.0. The van der Waals surface area contributed by atoms with E-state index in [4.69, 9.17) is 4.74 Å². The van der Waals surface area contributed by atoms with Gasteiger partial charge in [-0.05, 0) is 97.2 Å². The summed E-state index contributed by atoms with van der Waals surface area (Å²) in [5, 5.41) is 0. The van der Waals surface area contributed by atoms with Crippen LogP contribution in [-0.4, -0.2) is 17.9 Å². The molecule has 0 bridgehead atoms. The smallest absolute Gasteiger partial charge is 0.302 e. The Kier molecular flexibility index (Phi) is 6.93. The van der Waals surface area contributed by atoms with Crippen LogP contribution in [0.4, 0.5) is 0 Å². The molecule has 4 aliphatic carbocycles. The molecule has 4 aliphatic rings. The van der Waals surface area contributed by atoms with Crippen molar-refractivity contribution in [3.8, 4) is 0 Å². The summed E-state index contributed by atoms with van der Waals surface area (Å²) >= 11 is 0. The van der Waals surface area contributed by atoms with E-state index in [1.807, 2.05) is 0 Å². The summed E-state index contributed by atoms with van der Waals surface area (Å²) < 4.78 is 5.60. The van der Waals surface area contributed by atoms with Gasteiger partial charge in [0.25, 0.3) is 0 Å². The lowest BCUT2D eigenvalue weighted by molar-refractivity contribution is -0.169. The van der Waals surface area contributed by atoms with Gasteiger partial charge in [-0.25, -0.2) is 0 Å². The average molecular weight is 457 g/mol. The lowest BCUT2D eigenvalue weighted by Crippen LogP contribution is -2.58. The molecule has 0 amide bonds. The highest BCUT2D eigenvalue weighted by Gasteiger charge is 2.63. The van der Waals surface area contributed by atoms with Gasteiger partial charge in [-0.2, -0.15) is 0 Å². The molecule has 33 heavy (non-hydrogen) atoms. The molecule has 0 aromatic carbocycles. The van der Waals surface area contributed by atoms with Crippen LogP contribution < -0.4 is 0 Å². The Morgan fingerprint density at radius 3 is 2.39 bits per heavy atom. The van der Waals surface area contributed by atoms with Gasteiger partial charge < -0.3 is 4.74 Å². The van der Waals surface area contributed by atoms with Gasteiger partial charge in [0, 0.05) is 19.3 Å². The van der Waals surface area contributed by atoms with Gasteiger partial charge in [-0.1, -0.05) is 53.7 Å². The quantitative estimate of drug-likeness (QED) is 0.323. The largest absolute Gasteiger partial charge is 0.463 e. The number of rotatable bonds is 5. The number of carbonyl (C=O) groups is 2. The fourth-order valence-electron chi connectivity index (χ4n) is 8.98. The number of Topliss-reactive ketones (excluding diaryl/α,β-unsaturated/α-hetero) is 1. The molecule has 0 spiro atoms. The van der Waals surface area contributed by atoms with Crippen molar-refractivity contribution in [1.29, 1.82) is 0 Å². The highest BCUT2D eigenvalue weighted by molar-refractivity contribution is 5.84. The van der Waals surface area contributed by atoms with E-state index in [0.717, 1.165) is 25.7 Å². The molecule has 0 N–H and O–H groups in total. The van der Waals surface area contributed by atoms with Crippen molar-refractivity contribution in [2.24, 2.45) is 58.2 Å². The fourth-order valence-corrected chi connectivity index (χ4v) is 8.98. The molecular formula is C30H48O3. The third-order valence-corrected chi connectivity index (χ3v) is 11.1. The molecule has 0 saturated heterocycles. The van der Waals surface area contributed by atoms with Crippen LogP contribution in [0.3, 0.4) is 0 Å². The molecule has 0 aromatic heterocycles. The molecule has 0 heterocycles. The van der Waals surface area contributed by atoms with Gasteiger partial charge in [-0.15, -0.1) is 0 Å². The molecule has 0 radical (unpaired) electrons. The van der Waals surface area contributed by atoms with E-state index < -0.39 is 0 Å². The highest BCUT2D eigenvalue weighted by Crippen LogP contribution is 2.67. The van der Waals surface area contributed by atoms with Gasteiger partial charge in [0.2, 0.25) is 0 Å². The first-order valence-corrected chi connectivity index (χ1v) is 13.9. The van der Waals surface area contributed by atoms with Crippen molar-refractivity contribution in [2.75, 3.05) is 0 Å². The van der Waals surface area contributed by atoms with Crippen LogP contribution >= 0.6 is 0 Å².